The molecule has 0 bridgehead atoms. The number of carboxylic acids is 1. The van der Waals surface area contributed by atoms with Gasteiger partial charge < -0.3 is 10.4 Å². The number of aliphatic carboxylic acids is 1. The molecular weight excluding hydrogens is 254 g/mol. The van der Waals surface area contributed by atoms with Crippen LogP contribution in [0.25, 0.3) is 0 Å². The molecule has 0 spiro atoms. The molecule has 0 aromatic carbocycles. The monoisotopic (exact) mass is 285 g/mol. The van der Waals surface area contributed by atoms with Gasteiger partial charge in [-0.05, 0) is 20.3 Å². The zero-order valence-electron chi connectivity index (χ0n) is 13.3. The first kappa shape index (κ1) is 18.9. The first-order valence-corrected chi connectivity index (χ1v) is 7.94. The van der Waals surface area contributed by atoms with E-state index in [-0.39, 0.29) is 5.91 Å². The molecule has 0 fully saturated rings. The Labute approximate surface area is 123 Å². The summed E-state index contributed by atoms with van der Waals surface area (Å²) in [5.74, 6) is -1.17. The molecule has 4 heteroatoms. The minimum absolute atomic E-state index is 0.166. The maximum absolute atomic E-state index is 11.6. The van der Waals surface area contributed by atoms with Gasteiger partial charge in [0.1, 0.15) is 5.54 Å². The molecule has 0 aromatic heterocycles. The van der Waals surface area contributed by atoms with Crippen LogP contribution in [0, 0.1) is 0 Å². The van der Waals surface area contributed by atoms with Gasteiger partial charge in [0, 0.05) is 6.42 Å². The summed E-state index contributed by atoms with van der Waals surface area (Å²) in [5, 5.41) is 11.4. The molecule has 0 atom stereocenters. The van der Waals surface area contributed by atoms with Crippen LogP contribution in [0.15, 0.2) is 0 Å². The SMILES string of the molecule is CCCCCCCCCCCC(=O)NC(C)(C)C(=O)O. The minimum Gasteiger partial charge on any atom is -0.480 e. The van der Waals surface area contributed by atoms with Gasteiger partial charge >= 0.3 is 5.97 Å². The summed E-state index contributed by atoms with van der Waals surface area (Å²) in [6.07, 6.45) is 11.3. The zero-order valence-corrected chi connectivity index (χ0v) is 13.3. The standard InChI is InChI=1S/C16H31NO3/c1-4-5-6-7-8-9-10-11-12-13-14(18)17-16(2,3)15(19)20/h4-13H2,1-3H3,(H,17,18)(H,19,20). The van der Waals surface area contributed by atoms with Gasteiger partial charge in [-0.3, -0.25) is 4.79 Å². The van der Waals surface area contributed by atoms with Crippen molar-refractivity contribution < 1.29 is 14.7 Å². The number of carbonyl (C=O) groups excluding carboxylic acids is 1. The van der Waals surface area contributed by atoms with Crippen molar-refractivity contribution in [3.8, 4) is 0 Å². The highest BCUT2D eigenvalue weighted by molar-refractivity contribution is 5.86. The van der Waals surface area contributed by atoms with Crippen molar-refractivity contribution in [3.63, 3.8) is 0 Å². The Balaban J connectivity index is 3.47. The van der Waals surface area contributed by atoms with Crippen LogP contribution >= 0.6 is 0 Å². The van der Waals surface area contributed by atoms with Crippen LogP contribution < -0.4 is 5.32 Å². The molecule has 1 amide bonds. The molecule has 0 aromatic rings. The van der Waals surface area contributed by atoms with E-state index in [4.69, 9.17) is 5.11 Å². The van der Waals surface area contributed by atoms with Crippen LogP contribution in [-0.2, 0) is 9.59 Å². The van der Waals surface area contributed by atoms with E-state index in [9.17, 15) is 9.59 Å². The molecule has 0 aliphatic carbocycles. The van der Waals surface area contributed by atoms with Crippen molar-refractivity contribution in [3.05, 3.63) is 0 Å². The van der Waals surface area contributed by atoms with Crippen molar-refractivity contribution in [2.75, 3.05) is 0 Å². The first-order chi connectivity index (χ1) is 9.40. The summed E-state index contributed by atoms with van der Waals surface area (Å²) in [7, 11) is 0. The summed E-state index contributed by atoms with van der Waals surface area (Å²) in [6, 6.07) is 0. The molecule has 0 unspecified atom stereocenters. The maximum Gasteiger partial charge on any atom is 0.328 e. The van der Waals surface area contributed by atoms with Gasteiger partial charge in [-0.25, -0.2) is 4.79 Å². The zero-order chi connectivity index (χ0) is 15.4. The van der Waals surface area contributed by atoms with Gasteiger partial charge in [0.2, 0.25) is 5.91 Å². The quantitative estimate of drug-likeness (QED) is 0.535. The third-order valence-corrected chi connectivity index (χ3v) is 3.49. The van der Waals surface area contributed by atoms with Crippen LogP contribution in [-0.4, -0.2) is 22.5 Å². The number of carbonyl (C=O) groups is 2. The molecule has 118 valence electrons. The van der Waals surface area contributed by atoms with Crippen molar-refractivity contribution in [2.24, 2.45) is 0 Å². The predicted octanol–water partition coefficient (Wildman–Crippen LogP) is 3.89. The van der Waals surface area contributed by atoms with Crippen molar-refractivity contribution in [2.45, 2.75) is 90.5 Å². The second-order valence-electron chi connectivity index (χ2n) is 6.06. The van der Waals surface area contributed by atoms with Gasteiger partial charge in [0.15, 0.2) is 0 Å². The molecule has 20 heavy (non-hydrogen) atoms. The van der Waals surface area contributed by atoms with Crippen molar-refractivity contribution in [1.82, 2.24) is 5.32 Å². The molecule has 0 saturated carbocycles. The smallest absolute Gasteiger partial charge is 0.328 e. The summed E-state index contributed by atoms with van der Waals surface area (Å²) < 4.78 is 0. The molecule has 4 nitrogen and oxygen atoms in total. The molecular formula is C16H31NO3. The molecule has 0 aliphatic heterocycles. The molecule has 2 N–H and O–H groups in total. The fourth-order valence-corrected chi connectivity index (χ4v) is 2.06. The van der Waals surface area contributed by atoms with Gasteiger partial charge in [0.05, 0.1) is 0 Å². The molecule has 0 saturated heterocycles. The highest BCUT2D eigenvalue weighted by Crippen LogP contribution is 2.11. The minimum atomic E-state index is -1.17. The summed E-state index contributed by atoms with van der Waals surface area (Å²) in [4.78, 5) is 22.5. The van der Waals surface area contributed by atoms with E-state index in [1.54, 1.807) is 0 Å². The molecule has 0 heterocycles. The summed E-state index contributed by atoms with van der Waals surface area (Å²) in [6.45, 7) is 5.23. The number of carboxylic acid groups (broad SMARTS) is 1. The Bertz CT molecular complexity index is 287. The predicted molar refractivity (Wildman–Crippen MR) is 81.7 cm³/mol. The largest absolute Gasteiger partial charge is 0.480 e. The van der Waals surface area contributed by atoms with Crippen LogP contribution in [0.2, 0.25) is 0 Å². The first-order valence-electron chi connectivity index (χ1n) is 7.94. The van der Waals surface area contributed by atoms with Crippen LogP contribution in [0.5, 0.6) is 0 Å². The maximum atomic E-state index is 11.6. The Morgan fingerprint density at radius 3 is 1.80 bits per heavy atom. The van der Waals surface area contributed by atoms with E-state index in [1.165, 1.54) is 58.8 Å². The van der Waals surface area contributed by atoms with Gasteiger partial charge in [-0.1, -0.05) is 58.3 Å². The van der Waals surface area contributed by atoms with E-state index in [0.29, 0.717) is 6.42 Å². The number of hydrogen-bond donors (Lipinski definition) is 2. The van der Waals surface area contributed by atoms with Gasteiger partial charge in [-0.15, -0.1) is 0 Å². The molecule has 0 aliphatic rings. The van der Waals surface area contributed by atoms with Crippen LogP contribution in [0.3, 0.4) is 0 Å². The molecule has 0 radical (unpaired) electrons. The molecule has 0 rings (SSSR count). The Morgan fingerprint density at radius 1 is 0.900 bits per heavy atom. The fourth-order valence-electron chi connectivity index (χ4n) is 2.06. The summed E-state index contributed by atoms with van der Waals surface area (Å²) >= 11 is 0. The highest BCUT2D eigenvalue weighted by Gasteiger charge is 2.28. The topological polar surface area (TPSA) is 66.4 Å². The average molecular weight is 285 g/mol. The lowest BCUT2D eigenvalue weighted by Crippen LogP contribution is -2.49. The third-order valence-electron chi connectivity index (χ3n) is 3.49. The van der Waals surface area contributed by atoms with E-state index in [0.717, 1.165) is 12.8 Å². The van der Waals surface area contributed by atoms with E-state index < -0.39 is 11.5 Å². The van der Waals surface area contributed by atoms with Gasteiger partial charge in [0.25, 0.3) is 0 Å². The highest BCUT2D eigenvalue weighted by atomic mass is 16.4. The van der Waals surface area contributed by atoms with E-state index in [1.807, 2.05) is 0 Å². The van der Waals surface area contributed by atoms with Crippen molar-refractivity contribution in [1.29, 1.82) is 0 Å². The third kappa shape index (κ3) is 9.82. The summed E-state index contributed by atoms with van der Waals surface area (Å²) in [5.41, 5.74) is -1.17. The number of nitrogens with one attached hydrogen (secondary N) is 1. The lowest BCUT2D eigenvalue weighted by molar-refractivity contribution is -0.146. The normalized spacial score (nSPS) is 11.3. The Hall–Kier alpha value is -1.06. The second kappa shape index (κ2) is 10.7. The Morgan fingerprint density at radius 2 is 1.35 bits per heavy atom. The van der Waals surface area contributed by atoms with Crippen molar-refractivity contribution >= 4 is 11.9 Å². The Kier molecular flexibility index (Phi) is 10.1. The van der Waals surface area contributed by atoms with E-state index >= 15 is 0 Å². The van der Waals surface area contributed by atoms with Crippen LogP contribution in [0.4, 0.5) is 0 Å². The van der Waals surface area contributed by atoms with Crippen LogP contribution in [0.1, 0.15) is 85.0 Å². The number of amides is 1. The number of hydrogen-bond acceptors (Lipinski definition) is 2. The number of rotatable bonds is 12. The van der Waals surface area contributed by atoms with E-state index in [2.05, 4.69) is 12.2 Å². The van der Waals surface area contributed by atoms with Gasteiger partial charge in [-0.2, -0.15) is 0 Å². The second-order valence-corrected chi connectivity index (χ2v) is 6.06. The average Bonchev–Trinajstić information content (AvgIpc) is 2.36. The number of unbranched alkanes of at least 4 members (excludes halogenated alkanes) is 8. The fraction of sp³-hybridized carbons (Fsp3) is 0.875. The lowest BCUT2D eigenvalue weighted by Gasteiger charge is -2.20. The lowest BCUT2D eigenvalue weighted by atomic mass is 10.0.